The highest BCUT2D eigenvalue weighted by Crippen LogP contribution is 2.32. The van der Waals surface area contributed by atoms with Gasteiger partial charge in [-0.15, -0.1) is 0 Å². The zero-order valence-electron chi connectivity index (χ0n) is 20.7. The maximum atomic E-state index is 12.7. The Kier molecular flexibility index (Phi) is 7.57. The molecule has 1 amide bonds. The Labute approximate surface area is 223 Å². The lowest BCUT2D eigenvalue weighted by Gasteiger charge is -2.37. The lowest BCUT2D eigenvalue weighted by atomic mass is 10.0. The summed E-state index contributed by atoms with van der Waals surface area (Å²) < 4.78 is 19.3. The molecule has 1 N–H and O–H groups in total. The van der Waals surface area contributed by atoms with Crippen molar-refractivity contribution in [1.82, 2.24) is 14.4 Å². The number of nitrogens with zero attached hydrogens (tertiary/aromatic N) is 3. The monoisotopic (exact) mass is 571 g/mol. The quantitative estimate of drug-likeness (QED) is 0.454. The van der Waals surface area contributed by atoms with Crippen molar-refractivity contribution in [2.45, 2.75) is 32.0 Å². The molecule has 10 heteroatoms. The van der Waals surface area contributed by atoms with Gasteiger partial charge in [-0.3, -0.25) is 4.79 Å². The van der Waals surface area contributed by atoms with Crippen LogP contribution >= 0.6 is 15.9 Å². The van der Waals surface area contributed by atoms with Crippen molar-refractivity contribution >= 4 is 32.9 Å². The van der Waals surface area contributed by atoms with Crippen LogP contribution in [-0.4, -0.2) is 71.6 Å². The van der Waals surface area contributed by atoms with Gasteiger partial charge in [0.2, 0.25) is 0 Å². The number of pyridine rings is 1. The molecular formula is C27H30BrN3O6. The second-order valence-electron chi connectivity index (χ2n) is 9.33. The summed E-state index contributed by atoms with van der Waals surface area (Å²) in [6.07, 6.45) is 0.552. The highest BCUT2D eigenvalue weighted by Gasteiger charge is 2.28. The molecule has 0 radical (unpaired) electrons. The summed E-state index contributed by atoms with van der Waals surface area (Å²) in [5, 5.41) is 10.9. The minimum absolute atomic E-state index is 0.0565. The van der Waals surface area contributed by atoms with Crippen LogP contribution in [0.15, 0.2) is 51.7 Å². The highest BCUT2D eigenvalue weighted by atomic mass is 79.9. The first-order valence-corrected chi connectivity index (χ1v) is 13.2. The van der Waals surface area contributed by atoms with Crippen molar-refractivity contribution in [1.29, 1.82) is 0 Å². The average molecular weight is 572 g/mol. The summed E-state index contributed by atoms with van der Waals surface area (Å²) in [7, 11) is 1.61. The fourth-order valence-corrected chi connectivity index (χ4v) is 5.67. The molecule has 196 valence electrons. The molecule has 1 aromatic heterocycles. The number of carbonyl (C=O) groups is 1. The number of hydrogen-bond donors (Lipinski definition) is 1. The number of rotatable bonds is 7. The Balaban J connectivity index is 1.22. The smallest absolute Gasteiger partial charge is 0.407 e. The third kappa shape index (κ3) is 5.55. The Morgan fingerprint density at radius 3 is 2.57 bits per heavy atom. The first-order valence-electron chi connectivity index (χ1n) is 12.4. The van der Waals surface area contributed by atoms with Crippen LogP contribution in [0.4, 0.5) is 4.79 Å². The van der Waals surface area contributed by atoms with E-state index in [2.05, 4.69) is 20.8 Å². The number of aromatic nitrogens is 1. The summed E-state index contributed by atoms with van der Waals surface area (Å²) >= 11 is 3.58. The SMILES string of the molecule is COc1cc(Br)c2ccc(=O)n(CCN3CCC(N(Cc4ccc5c(c4)OCCO5)C(=O)O)CC3)c2c1. The van der Waals surface area contributed by atoms with Crippen molar-refractivity contribution in [3.8, 4) is 17.2 Å². The molecule has 9 nitrogen and oxygen atoms in total. The van der Waals surface area contributed by atoms with Gasteiger partial charge in [0.05, 0.1) is 12.6 Å². The van der Waals surface area contributed by atoms with Crippen LogP contribution in [0.5, 0.6) is 17.2 Å². The third-order valence-electron chi connectivity index (χ3n) is 7.11. The predicted octanol–water partition coefficient (Wildman–Crippen LogP) is 4.19. The Morgan fingerprint density at radius 2 is 1.84 bits per heavy atom. The van der Waals surface area contributed by atoms with Crippen LogP contribution < -0.4 is 19.8 Å². The van der Waals surface area contributed by atoms with E-state index in [1.807, 2.05) is 36.4 Å². The second kappa shape index (κ2) is 11.0. The normalized spacial score (nSPS) is 16.1. The van der Waals surface area contributed by atoms with E-state index < -0.39 is 6.09 Å². The Bertz CT molecular complexity index is 1350. The van der Waals surface area contributed by atoms with E-state index in [0.29, 0.717) is 50.1 Å². The van der Waals surface area contributed by atoms with Crippen molar-refractivity contribution in [2.24, 2.45) is 0 Å². The summed E-state index contributed by atoms with van der Waals surface area (Å²) in [5.74, 6) is 2.05. The van der Waals surface area contributed by atoms with Gasteiger partial charge in [0.25, 0.3) is 5.56 Å². The van der Waals surface area contributed by atoms with Crippen molar-refractivity contribution < 1.29 is 24.1 Å². The minimum Gasteiger partial charge on any atom is -0.497 e. The molecule has 2 aliphatic rings. The number of halogens is 1. The summed E-state index contributed by atoms with van der Waals surface area (Å²) in [5.41, 5.74) is 1.65. The van der Waals surface area contributed by atoms with Gasteiger partial charge < -0.3 is 33.7 Å². The van der Waals surface area contributed by atoms with Gasteiger partial charge in [0, 0.05) is 60.8 Å². The van der Waals surface area contributed by atoms with Crippen LogP contribution in [0.1, 0.15) is 18.4 Å². The van der Waals surface area contributed by atoms with Crippen LogP contribution in [0.25, 0.3) is 10.9 Å². The maximum absolute atomic E-state index is 12.7. The standard InChI is InChI=1S/C27H30BrN3O6/c1-35-20-15-22(28)21-3-5-26(32)30(23(21)16-20)11-10-29-8-6-19(7-9-29)31(27(33)34)17-18-2-4-24-25(14-18)37-13-12-36-24/h2-5,14-16,19H,6-13,17H2,1H3,(H,33,34). The number of piperidine rings is 1. The second-order valence-corrected chi connectivity index (χ2v) is 10.2. The van der Waals surface area contributed by atoms with Gasteiger partial charge in [-0.2, -0.15) is 0 Å². The van der Waals surface area contributed by atoms with Gasteiger partial charge in [0.1, 0.15) is 19.0 Å². The van der Waals surface area contributed by atoms with Gasteiger partial charge >= 0.3 is 6.09 Å². The molecular weight excluding hydrogens is 542 g/mol. The molecule has 2 aromatic carbocycles. The molecule has 0 unspecified atom stereocenters. The van der Waals surface area contributed by atoms with E-state index in [1.165, 1.54) is 4.90 Å². The van der Waals surface area contributed by atoms with Crippen LogP contribution in [0.3, 0.4) is 0 Å². The van der Waals surface area contributed by atoms with E-state index in [0.717, 1.165) is 46.9 Å². The summed E-state index contributed by atoms with van der Waals surface area (Å²) in [6.45, 7) is 4.10. The molecule has 5 rings (SSSR count). The van der Waals surface area contributed by atoms with Crippen LogP contribution in [-0.2, 0) is 13.1 Å². The van der Waals surface area contributed by atoms with Gasteiger partial charge in [-0.25, -0.2) is 4.79 Å². The molecule has 3 aromatic rings. The number of ether oxygens (including phenoxy) is 3. The predicted molar refractivity (Wildman–Crippen MR) is 143 cm³/mol. The first kappa shape index (κ1) is 25.4. The Morgan fingerprint density at radius 1 is 1.08 bits per heavy atom. The van der Waals surface area contributed by atoms with Gasteiger partial charge in [-0.05, 0) is 58.6 Å². The molecule has 1 fully saturated rings. The zero-order chi connectivity index (χ0) is 25.9. The van der Waals surface area contributed by atoms with E-state index in [-0.39, 0.29) is 11.6 Å². The van der Waals surface area contributed by atoms with E-state index in [1.54, 1.807) is 17.7 Å². The summed E-state index contributed by atoms with van der Waals surface area (Å²) in [4.78, 5) is 28.6. The molecule has 3 heterocycles. The highest BCUT2D eigenvalue weighted by molar-refractivity contribution is 9.10. The fourth-order valence-electron chi connectivity index (χ4n) is 5.11. The lowest BCUT2D eigenvalue weighted by Crippen LogP contribution is -2.47. The van der Waals surface area contributed by atoms with Gasteiger partial charge in [0.15, 0.2) is 11.5 Å². The lowest BCUT2D eigenvalue weighted by molar-refractivity contribution is 0.0856. The van der Waals surface area contributed by atoms with Gasteiger partial charge in [-0.1, -0.05) is 6.07 Å². The Hall–Kier alpha value is -3.24. The molecule has 1 saturated heterocycles. The van der Waals surface area contributed by atoms with Crippen molar-refractivity contribution in [3.63, 3.8) is 0 Å². The van der Waals surface area contributed by atoms with E-state index in [4.69, 9.17) is 14.2 Å². The van der Waals surface area contributed by atoms with Crippen molar-refractivity contribution in [3.05, 3.63) is 62.9 Å². The maximum Gasteiger partial charge on any atom is 0.407 e. The third-order valence-corrected chi connectivity index (χ3v) is 7.77. The topological polar surface area (TPSA) is 93.5 Å². The number of hydrogen-bond acceptors (Lipinski definition) is 6. The molecule has 0 atom stereocenters. The molecule has 0 spiro atoms. The molecule has 0 aliphatic carbocycles. The van der Waals surface area contributed by atoms with Crippen molar-refractivity contribution in [2.75, 3.05) is 40.0 Å². The zero-order valence-corrected chi connectivity index (χ0v) is 22.3. The molecule has 0 saturated carbocycles. The number of likely N-dealkylation sites (tertiary alicyclic amines) is 1. The number of fused-ring (bicyclic) bond motifs is 2. The number of amides is 1. The van der Waals surface area contributed by atoms with Crippen LogP contribution in [0, 0.1) is 0 Å². The van der Waals surface area contributed by atoms with E-state index >= 15 is 0 Å². The van der Waals surface area contributed by atoms with Crippen LogP contribution in [0.2, 0.25) is 0 Å². The molecule has 37 heavy (non-hydrogen) atoms. The largest absolute Gasteiger partial charge is 0.497 e. The number of methoxy groups -OCH3 is 1. The average Bonchev–Trinajstić information content (AvgIpc) is 2.91. The fraction of sp³-hybridized carbons (Fsp3) is 0.407. The first-order chi connectivity index (χ1) is 17.9. The summed E-state index contributed by atoms with van der Waals surface area (Å²) in [6, 6.07) is 12.7. The van der Waals surface area contributed by atoms with E-state index in [9.17, 15) is 14.7 Å². The molecule has 2 aliphatic heterocycles. The minimum atomic E-state index is -0.921. The number of carboxylic acid groups (broad SMARTS) is 1. The molecule has 0 bridgehead atoms. The number of benzene rings is 2.